The molecule has 4 nitrogen and oxygen atoms in total. The quantitative estimate of drug-likeness (QED) is 0.896. The summed E-state index contributed by atoms with van der Waals surface area (Å²) < 4.78 is 10.7. The van der Waals surface area contributed by atoms with Crippen molar-refractivity contribution in [2.24, 2.45) is 5.73 Å². The van der Waals surface area contributed by atoms with Crippen molar-refractivity contribution in [1.29, 1.82) is 0 Å². The van der Waals surface area contributed by atoms with Crippen LogP contribution in [0.25, 0.3) is 11.1 Å². The smallest absolute Gasteiger partial charge is 0.231 e. The summed E-state index contributed by atoms with van der Waals surface area (Å²) in [6, 6.07) is 13.9. The summed E-state index contributed by atoms with van der Waals surface area (Å²) in [5.41, 5.74) is 9.18. The molecule has 104 valence electrons. The number of aliphatic hydroxyl groups is 1. The van der Waals surface area contributed by atoms with Crippen LogP contribution in [0, 0.1) is 0 Å². The summed E-state index contributed by atoms with van der Waals surface area (Å²) in [6.07, 6.45) is 0.573. The van der Waals surface area contributed by atoms with Crippen molar-refractivity contribution < 1.29 is 14.6 Å². The van der Waals surface area contributed by atoms with Gasteiger partial charge in [0.15, 0.2) is 11.5 Å². The van der Waals surface area contributed by atoms with Crippen LogP contribution in [0.3, 0.4) is 0 Å². The van der Waals surface area contributed by atoms with Crippen molar-refractivity contribution in [2.45, 2.75) is 12.5 Å². The molecule has 0 fully saturated rings. The van der Waals surface area contributed by atoms with E-state index in [9.17, 15) is 0 Å². The first-order chi connectivity index (χ1) is 9.78. The van der Waals surface area contributed by atoms with Gasteiger partial charge in [-0.25, -0.2) is 0 Å². The third kappa shape index (κ3) is 2.48. The molecular weight excluding hydrogens is 254 g/mol. The molecule has 1 aliphatic rings. The number of hydrogen-bond acceptors (Lipinski definition) is 4. The fraction of sp³-hybridized carbons (Fsp3) is 0.250. The van der Waals surface area contributed by atoms with E-state index in [2.05, 4.69) is 0 Å². The number of hydrogen-bond donors (Lipinski definition) is 2. The van der Waals surface area contributed by atoms with Crippen molar-refractivity contribution in [3.8, 4) is 22.6 Å². The van der Waals surface area contributed by atoms with Crippen molar-refractivity contribution in [2.75, 3.05) is 13.4 Å². The minimum absolute atomic E-state index is 0.102. The molecule has 0 amide bonds. The van der Waals surface area contributed by atoms with E-state index >= 15 is 0 Å². The molecule has 2 aromatic carbocycles. The average Bonchev–Trinajstić information content (AvgIpc) is 2.95. The van der Waals surface area contributed by atoms with Crippen LogP contribution in [0.15, 0.2) is 42.5 Å². The second-order valence-electron chi connectivity index (χ2n) is 4.81. The van der Waals surface area contributed by atoms with Gasteiger partial charge in [0.05, 0.1) is 0 Å². The van der Waals surface area contributed by atoms with Gasteiger partial charge in [0.2, 0.25) is 6.79 Å². The zero-order valence-electron chi connectivity index (χ0n) is 11.1. The Morgan fingerprint density at radius 2 is 1.70 bits per heavy atom. The fourth-order valence-corrected chi connectivity index (χ4v) is 2.30. The molecule has 3 N–H and O–H groups in total. The second-order valence-corrected chi connectivity index (χ2v) is 4.81. The Hall–Kier alpha value is -2.04. The summed E-state index contributed by atoms with van der Waals surface area (Å²) >= 11 is 0. The van der Waals surface area contributed by atoms with E-state index in [1.165, 1.54) is 0 Å². The highest BCUT2D eigenvalue weighted by Gasteiger charge is 2.14. The molecule has 0 unspecified atom stereocenters. The van der Waals surface area contributed by atoms with Crippen molar-refractivity contribution in [1.82, 2.24) is 0 Å². The Morgan fingerprint density at radius 3 is 2.45 bits per heavy atom. The van der Waals surface area contributed by atoms with Gasteiger partial charge in [-0.2, -0.15) is 0 Å². The Balaban J connectivity index is 1.84. The molecule has 3 rings (SSSR count). The molecule has 20 heavy (non-hydrogen) atoms. The molecular formula is C16H17NO3. The Labute approximate surface area is 117 Å². The highest BCUT2D eigenvalue weighted by molar-refractivity contribution is 5.67. The first-order valence-corrected chi connectivity index (χ1v) is 6.64. The van der Waals surface area contributed by atoms with Crippen LogP contribution in [-0.2, 0) is 0 Å². The van der Waals surface area contributed by atoms with E-state index in [1.54, 1.807) is 0 Å². The standard InChI is InChI=1S/C16H17NO3/c17-14(7-8-18)12-3-1-11(2-4-12)13-5-6-15-16(9-13)20-10-19-15/h1-6,9,14,18H,7-8,10,17H2/t14-/m1/s1. The third-order valence-electron chi connectivity index (χ3n) is 3.48. The molecule has 1 atom stereocenters. The zero-order chi connectivity index (χ0) is 13.9. The van der Waals surface area contributed by atoms with E-state index in [-0.39, 0.29) is 19.4 Å². The van der Waals surface area contributed by atoms with Gasteiger partial charge in [-0.1, -0.05) is 30.3 Å². The first-order valence-electron chi connectivity index (χ1n) is 6.64. The van der Waals surface area contributed by atoms with E-state index < -0.39 is 0 Å². The molecule has 0 aliphatic carbocycles. The lowest BCUT2D eigenvalue weighted by molar-refractivity contribution is 0.174. The van der Waals surface area contributed by atoms with E-state index in [0.717, 1.165) is 28.2 Å². The van der Waals surface area contributed by atoms with Crippen LogP contribution in [0.1, 0.15) is 18.0 Å². The van der Waals surface area contributed by atoms with Gasteiger partial charge in [0, 0.05) is 12.6 Å². The molecule has 0 aromatic heterocycles. The van der Waals surface area contributed by atoms with E-state index in [4.69, 9.17) is 20.3 Å². The third-order valence-corrected chi connectivity index (χ3v) is 3.48. The lowest BCUT2D eigenvalue weighted by atomic mass is 9.99. The maximum absolute atomic E-state index is 8.91. The van der Waals surface area contributed by atoms with Crippen LogP contribution >= 0.6 is 0 Å². The number of aliphatic hydroxyl groups excluding tert-OH is 1. The Kier molecular flexibility index (Phi) is 3.58. The highest BCUT2D eigenvalue weighted by atomic mass is 16.7. The summed E-state index contributed by atoms with van der Waals surface area (Å²) in [5, 5.41) is 8.91. The first kappa shape index (κ1) is 13.0. The molecule has 0 radical (unpaired) electrons. The molecule has 4 heteroatoms. The van der Waals surface area contributed by atoms with Gasteiger partial charge in [0.25, 0.3) is 0 Å². The van der Waals surface area contributed by atoms with Gasteiger partial charge >= 0.3 is 0 Å². The molecule has 1 aliphatic heterocycles. The van der Waals surface area contributed by atoms with E-state index in [0.29, 0.717) is 6.42 Å². The SMILES string of the molecule is N[C@H](CCO)c1ccc(-c2ccc3c(c2)OCO3)cc1. The fourth-order valence-electron chi connectivity index (χ4n) is 2.30. The van der Waals surface area contributed by atoms with Crippen LogP contribution in [-0.4, -0.2) is 18.5 Å². The second kappa shape index (κ2) is 5.53. The van der Waals surface area contributed by atoms with Gasteiger partial charge in [0.1, 0.15) is 0 Å². The van der Waals surface area contributed by atoms with Crippen molar-refractivity contribution >= 4 is 0 Å². The number of fused-ring (bicyclic) bond motifs is 1. The van der Waals surface area contributed by atoms with Crippen LogP contribution < -0.4 is 15.2 Å². The van der Waals surface area contributed by atoms with Crippen LogP contribution in [0.5, 0.6) is 11.5 Å². The van der Waals surface area contributed by atoms with Gasteiger partial charge < -0.3 is 20.3 Å². The topological polar surface area (TPSA) is 64.7 Å². The molecule has 0 saturated carbocycles. The minimum Gasteiger partial charge on any atom is -0.454 e. The summed E-state index contributed by atoms with van der Waals surface area (Å²) in [6.45, 7) is 0.388. The molecule has 0 bridgehead atoms. The number of benzene rings is 2. The molecule has 1 heterocycles. The molecule has 0 saturated heterocycles. The molecule has 2 aromatic rings. The normalized spacial score (nSPS) is 14.3. The largest absolute Gasteiger partial charge is 0.454 e. The number of nitrogens with two attached hydrogens (primary N) is 1. The summed E-state index contributed by atoms with van der Waals surface area (Å²) in [5.74, 6) is 1.57. The predicted molar refractivity (Wildman–Crippen MR) is 76.6 cm³/mol. The summed E-state index contributed by atoms with van der Waals surface area (Å²) in [7, 11) is 0. The average molecular weight is 271 g/mol. The lowest BCUT2D eigenvalue weighted by Gasteiger charge is -2.11. The Morgan fingerprint density at radius 1 is 1.00 bits per heavy atom. The lowest BCUT2D eigenvalue weighted by Crippen LogP contribution is -2.11. The van der Waals surface area contributed by atoms with Gasteiger partial charge in [-0.05, 0) is 35.2 Å². The predicted octanol–water partition coefficient (Wildman–Crippen LogP) is 2.46. The van der Waals surface area contributed by atoms with Gasteiger partial charge in [-0.3, -0.25) is 0 Å². The van der Waals surface area contributed by atoms with Crippen LogP contribution in [0.2, 0.25) is 0 Å². The number of ether oxygens (including phenoxy) is 2. The molecule has 0 spiro atoms. The number of rotatable bonds is 4. The zero-order valence-corrected chi connectivity index (χ0v) is 11.1. The van der Waals surface area contributed by atoms with Gasteiger partial charge in [-0.15, -0.1) is 0 Å². The minimum atomic E-state index is -0.120. The van der Waals surface area contributed by atoms with Crippen molar-refractivity contribution in [3.63, 3.8) is 0 Å². The maximum Gasteiger partial charge on any atom is 0.231 e. The van der Waals surface area contributed by atoms with Crippen molar-refractivity contribution in [3.05, 3.63) is 48.0 Å². The van der Waals surface area contributed by atoms with E-state index in [1.807, 2.05) is 42.5 Å². The highest BCUT2D eigenvalue weighted by Crippen LogP contribution is 2.36. The maximum atomic E-state index is 8.91. The Bertz CT molecular complexity index is 595. The monoisotopic (exact) mass is 271 g/mol. The summed E-state index contributed by atoms with van der Waals surface area (Å²) in [4.78, 5) is 0. The van der Waals surface area contributed by atoms with Crippen LogP contribution in [0.4, 0.5) is 0 Å².